The third-order valence-electron chi connectivity index (χ3n) is 5.63. The zero-order valence-electron chi connectivity index (χ0n) is 18.0. The Morgan fingerprint density at radius 1 is 1.03 bits per heavy atom. The van der Waals surface area contributed by atoms with Crippen molar-refractivity contribution in [3.8, 4) is 0 Å². The number of carbonyl (C=O) groups is 2. The Morgan fingerprint density at radius 2 is 1.73 bits per heavy atom. The van der Waals surface area contributed by atoms with Crippen LogP contribution < -0.4 is 10.6 Å². The quantitative estimate of drug-likeness (QED) is 0.486. The summed E-state index contributed by atoms with van der Waals surface area (Å²) in [6.07, 6.45) is 6.34. The number of rotatable bonds is 2. The lowest BCUT2D eigenvalue weighted by Crippen LogP contribution is -2.35. The van der Waals surface area contributed by atoms with Gasteiger partial charge >= 0.3 is 0 Å². The molecule has 7 nitrogen and oxygen atoms in total. The lowest BCUT2D eigenvalue weighted by molar-refractivity contribution is 0.0646. The summed E-state index contributed by atoms with van der Waals surface area (Å²) < 4.78 is 0. The molecular weight excluding hydrogens is 416 g/mol. The number of nitrogens with one attached hydrogen (secondary N) is 3. The van der Waals surface area contributed by atoms with Crippen LogP contribution >= 0.6 is 0 Å². The van der Waals surface area contributed by atoms with Crippen LogP contribution in [-0.2, 0) is 5.60 Å². The molecule has 4 N–H and O–H groups in total. The molecule has 1 unspecified atom stereocenters. The predicted molar refractivity (Wildman–Crippen MR) is 127 cm³/mol. The molecule has 3 aromatic rings. The lowest BCUT2D eigenvalue weighted by atomic mass is 9.86. The van der Waals surface area contributed by atoms with Crippen molar-refractivity contribution in [2.24, 2.45) is 0 Å². The molecule has 0 aliphatic carbocycles. The van der Waals surface area contributed by atoms with E-state index < -0.39 is 11.5 Å². The Bertz CT molecular complexity index is 1260. The number of imidazole rings is 1. The Kier molecular flexibility index (Phi) is 6.06. The summed E-state index contributed by atoms with van der Waals surface area (Å²) in [7, 11) is 0. The van der Waals surface area contributed by atoms with Crippen LogP contribution in [-0.4, -0.2) is 33.3 Å². The van der Waals surface area contributed by atoms with Gasteiger partial charge in [-0.1, -0.05) is 49.6 Å². The number of amides is 1. The van der Waals surface area contributed by atoms with E-state index in [4.69, 9.17) is 0 Å². The zero-order valence-corrected chi connectivity index (χ0v) is 18.0. The number of aromatic nitrogens is 2. The molecule has 1 atom stereocenters. The molecule has 0 saturated carbocycles. The van der Waals surface area contributed by atoms with Crippen molar-refractivity contribution in [3.05, 3.63) is 120 Å². The van der Waals surface area contributed by atoms with Crippen LogP contribution in [0.15, 0.2) is 97.6 Å². The predicted octanol–water partition coefficient (Wildman–Crippen LogP) is 3.70. The summed E-state index contributed by atoms with van der Waals surface area (Å²) in [4.78, 5) is 33.4. The van der Waals surface area contributed by atoms with Gasteiger partial charge in [-0.25, -0.2) is 4.98 Å². The topological polar surface area (TPSA) is 107 Å². The van der Waals surface area contributed by atoms with Crippen molar-refractivity contribution in [2.75, 3.05) is 11.9 Å². The van der Waals surface area contributed by atoms with E-state index in [1.54, 1.807) is 54.6 Å². The van der Waals surface area contributed by atoms with Gasteiger partial charge in [-0.05, 0) is 29.8 Å². The van der Waals surface area contributed by atoms with Gasteiger partial charge in [0, 0.05) is 35.5 Å². The fourth-order valence-electron chi connectivity index (χ4n) is 3.93. The maximum Gasteiger partial charge on any atom is 0.252 e. The number of para-hydroxylation sites is 1. The third kappa shape index (κ3) is 4.26. The van der Waals surface area contributed by atoms with E-state index in [2.05, 4.69) is 33.8 Å². The smallest absolute Gasteiger partial charge is 0.252 e. The standard InChI is InChI=1S/C26H24N4O3/c1-3-18-14-17(2)30-22-11-7-6-10-21(22)24(31)19-8-4-5-9-20(19)25(32)28-13-12-26(18,33)23-15-27-16-29-23/h3-11,14-16,30,33H,1-2,12-13H2,(H,27,29)(H,28,32)/b18-14+. The number of ketones is 1. The minimum atomic E-state index is -1.50. The molecule has 166 valence electrons. The highest BCUT2D eigenvalue weighted by molar-refractivity contribution is 6.17. The van der Waals surface area contributed by atoms with Crippen LogP contribution in [0.1, 0.15) is 38.4 Å². The number of benzene rings is 2. The number of allylic oxidation sites excluding steroid dienone is 1. The molecular formula is C26H24N4O3. The van der Waals surface area contributed by atoms with Crippen molar-refractivity contribution in [1.29, 1.82) is 0 Å². The van der Waals surface area contributed by atoms with Crippen LogP contribution in [0.4, 0.5) is 5.69 Å². The Balaban J connectivity index is 1.86. The molecule has 1 aromatic heterocycles. The van der Waals surface area contributed by atoms with E-state index in [1.807, 2.05) is 0 Å². The second-order valence-electron chi connectivity index (χ2n) is 7.71. The number of nitrogens with zero attached hydrogens (tertiary/aromatic N) is 1. The molecule has 0 bridgehead atoms. The number of fused-ring (bicyclic) bond motifs is 2. The molecule has 33 heavy (non-hydrogen) atoms. The molecule has 2 aromatic carbocycles. The van der Waals surface area contributed by atoms with Crippen molar-refractivity contribution in [1.82, 2.24) is 15.3 Å². The molecule has 1 aliphatic heterocycles. The Labute approximate surface area is 191 Å². The normalized spacial score (nSPS) is 20.9. The number of H-pyrrole nitrogens is 1. The lowest BCUT2D eigenvalue weighted by Gasteiger charge is -2.29. The SMILES string of the molecule is C=C/C1=C\C(=C)Nc2ccccc2C(=O)c2ccccc2C(=O)NCCC1(O)c1cnc[nH]1. The Morgan fingerprint density at radius 3 is 2.42 bits per heavy atom. The summed E-state index contributed by atoms with van der Waals surface area (Å²) in [5.41, 5.74) is 1.35. The molecule has 0 spiro atoms. The van der Waals surface area contributed by atoms with E-state index in [0.29, 0.717) is 28.2 Å². The molecule has 7 heteroatoms. The number of hydrogen-bond acceptors (Lipinski definition) is 5. The summed E-state index contributed by atoms with van der Waals surface area (Å²) in [6, 6.07) is 13.7. The fraction of sp³-hybridized carbons (Fsp3) is 0.115. The first-order valence-corrected chi connectivity index (χ1v) is 10.5. The average molecular weight is 441 g/mol. The van der Waals surface area contributed by atoms with E-state index >= 15 is 0 Å². The summed E-state index contributed by atoms with van der Waals surface area (Å²) in [5, 5.41) is 17.6. The highest BCUT2D eigenvalue weighted by Crippen LogP contribution is 2.33. The van der Waals surface area contributed by atoms with Crippen LogP contribution in [0.25, 0.3) is 0 Å². The van der Waals surface area contributed by atoms with Crippen LogP contribution in [0.3, 0.4) is 0 Å². The molecule has 4 rings (SSSR count). The van der Waals surface area contributed by atoms with Crippen molar-refractivity contribution in [3.63, 3.8) is 0 Å². The minimum absolute atomic E-state index is 0.137. The first-order chi connectivity index (χ1) is 15.9. The maximum absolute atomic E-state index is 13.4. The van der Waals surface area contributed by atoms with E-state index in [1.165, 1.54) is 18.6 Å². The van der Waals surface area contributed by atoms with E-state index in [9.17, 15) is 14.7 Å². The highest BCUT2D eigenvalue weighted by atomic mass is 16.3. The van der Waals surface area contributed by atoms with Gasteiger partial charge in [-0.15, -0.1) is 0 Å². The van der Waals surface area contributed by atoms with E-state index in [0.717, 1.165) is 0 Å². The van der Waals surface area contributed by atoms with Crippen molar-refractivity contribution >= 4 is 17.4 Å². The number of hydrogen-bond donors (Lipinski definition) is 4. The molecule has 1 aliphatic rings. The maximum atomic E-state index is 13.4. The molecule has 0 saturated heterocycles. The van der Waals surface area contributed by atoms with Gasteiger partial charge < -0.3 is 20.7 Å². The van der Waals surface area contributed by atoms with Crippen molar-refractivity contribution < 1.29 is 14.7 Å². The second-order valence-corrected chi connectivity index (χ2v) is 7.71. The molecule has 0 fully saturated rings. The number of anilines is 1. The first kappa shape index (κ1) is 22.0. The fourth-order valence-corrected chi connectivity index (χ4v) is 3.93. The summed E-state index contributed by atoms with van der Waals surface area (Å²) in [5.74, 6) is -0.683. The second kappa shape index (κ2) is 9.10. The van der Waals surface area contributed by atoms with Gasteiger partial charge in [0.05, 0.1) is 23.8 Å². The van der Waals surface area contributed by atoms with Crippen LogP contribution in [0, 0.1) is 0 Å². The summed E-state index contributed by atoms with van der Waals surface area (Å²) >= 11 is 0. The first-order valence-electron chi connectivity index (χ1n) is 10.5. The molecule has 2 heterocycles. The summed E-state index contributed by atoms with van der Waals surface area (Å²) in [6.45, 7) is 8.05. The Hall–Kier alpha value is -4.23. The van der Waals surface area contributed by atoms with Crippen molar-refractivity contribution in [2.45, 2.75) is 12.0 Å². The monoisotopic (exact) mass is 440 g/mol. The number of carbonyl (C=O) groups excluding carboxylic acids is 2. The van der Waals surface area contributed by atoms with Crippen LogP contribution in [0.5, 0.6) is 0 Å². The number of aromatic amines is 1. The zero-order chi connectivity index (χ0) is 23.4. The third-order valence-corrected chi connectivity index (χ3v) is 5.63. The largest absolute Gasteiger partial charge is 0.379 e. The van der Waals surface area contributed by atoms with Gasteiger partial charge in [0.2, 0.25) is 0 Å². The minimum Gasteiger partial charge on any atom is -0.379 e. The molecule has 0 radical (unpaired) electrons. The molecule has 1 amide bonds. The van der Waals surface area contributed by atoms with Gasteiger partial charge in [-0.2, -0.15) is 0 Å². The van der Waals surface area contributed by atoms with Gasteiger partial charge in [0.15, 0.2) is 5.78 Å². The van der Waals surface area contributed by atoms with Gasteiger partial charge in [0.25, 0.3) is 5.91 Å². The number of aliphatic hydroxyl groups is 1. The van der Waals surface area contributed by atoms with Crippen LogP contribution in [0.2, 0.25) is 0 Å². The van der Waals surface area contributed by atoms with Gasteiger partial charge in [-0.3, -0.25) is 9.59 Å². The highest BCUT2D eigenvalue weighted by Gasteiger charge is 2.34. The van der Waals surface area contributed by atoms with E-state index in [-0.39, 0.29) is 29.9 Å². The van der Waals surface area contributed by atoms with Gasteiger partial charge in [0.1, 0.15) is 5.60 Å². The average Bonchev–Trinajstić information content (AvgIpc) is 3.37.